The van der Waals surface area contributed by atoms with Gasteiger partial charge in [-0.25, -0.2) is 9.59 Å². The molecule has 1 aliphatic rings. The van der Waals surface area contributed by atoms with Gasteiger partial charge in [0.25, 0.3) is 0 Å². The number of methoxy groups -OCH3 is 1. The molecule has 0 spiro atoms. The number of hydrogen-bond donors (Lipinski definition) is 1. The first-order chi connectivity index (χ1) is 12.8. The summed E-state index contributed by atoms with van der Waals surface area (Å²) in [4.78, 5) is 28.8. The molecule has 0 fully saturated rings. The second kappa shape index (κ2) is 7.39. The van der Waals surface area contributed by atoms with Gasteiger partial charge in [-0.15, -0.1) is 0 Å². The van der Waals surface area contributed by atoms with Crippen LogP contribution in [0.4, 0.5) is 10.5 Å². The van der Waals surface area contributed by atoms with Crippen LogP contribution < -0.4 is 5.32 Å². The number of nitrogens with zero attached hydrogens (tertiary/aromatic N) is 1. The molecule has 6 heteroatoms. The summed E-state index contributed by atoms with van der Waals surface area (Å²) < 4.78 is 10.2. The number of anilines is 1. The van der Waals surface area contributed by atoms with Crippen LogP contribution in [0.15, 0.2) is 30.3 Å². The molecule has 0 saturated heterocycles. The topological polar surface area (TPSA) is 77.5 Å². The maximum absolute atomic E-state index is 12.2. The number of carbonyl (C=O) groups is 2. The second-order valence-electron chi connectivity index (χ2n) is 7.54. The van der Waals surface area contributed by atoms with Gasteiger partial charge in [-0.3, -0.25) is 10.3 Å². The molecule has 0 radical (unpaired) electrons. The van der Waals surface area contributed by atoms with E-state index in [-0.39, 0.29) is 0 Å². The van der Waals surface area contributed by atoms with Crippen LogP contribution in [-0.4, -0.2) is 29.8 Å². The number of ether oxygens (including phenoxy) is 2. The monoisotopic (exact) mass is 368 g/mol. The summed E-state index contributed by atoms with van der Waals surface area (Å²) in [5.74, 6) is -0.400. The molecule has 1 amide bonds. The maximum Gasteiger partial charge on any atom is 0.412 e. The lowest BCUT2D eigenvalue weighted by Gasteiger charge is -2.19. The van der Waals surface area contributed by atoms with Crippen molar-refractivity contribution in [3.05, 3.63) is 47.2 Å². The van der Waals surface area contributed by atoms with Gasteiger partial charge in [0.2, 0.25) is 0 Å². The molecule has 0 unspecified atom stereocenters. The van der Waals surface area contributed by atoms with Gasteiger partial charge >= 0.3 is 12.1 Å². The smallest absolute Gasteiger partial charge is 0.412 e. The standard InChI is InChI=1S/C21H24N2O4/c1-21(2,3)27-20(25)22-15-10-8-13(9-11-15)18-16(19(24)26-4)12-14-6-5-7-17(14)23-18/h8-12H,5-7H2,1-4H3,(H,22,25). The third-order valence-corrected chi connectivity index (χ3v) is 4.26. The van der Waals surface area contributed by atoms with E-state index in [4.69, 9.17) is 14.5 Å². The Morgan fingerprint density at radius 1 is 1.11 bits per heavy atom. The number of esters is 1. The van der Waals surface area contributed by atoms with Crippen molar-refractivity contribution in [1.82, 2.24) is 4.98 Å². The van der Waals surface area contributed by atoms with E-state index >= 15 is 0 Å². The number of amides is 1. The molecule has 3 rings (SSSR count). The Morgan fingerprint density at radius 2 is 1.81 bits per heavy atom. The summed E-state index contributed by atoms with van der Waals surface area (Å²) in [6, 6.07) is 9.05. The average molecular weight is 368 g/mol. The van der Waals surface area contributed by atoms with Gasteiger partial charge in [-0.1, -0.05) is 12.1 Å². The van der Waals surface area contributed by atoms with E-state index in [0.717, 1.165) is 36.1 Å². The molecule has 0 saturated carbocycles. The highest BCUT2D eigenvalue weighted by Gasteiger charge is 2.22. The summed E-state index contributed by atoms with van der Waals surface area (Å²) in [6.45, 7) is 5.43. The Balaban J connectivity index is 1.87. The number of aryl methyl sites for hydroxylation is 2. The molecule has 6 nitrogen and oxygen atoms in total. The van der Waals surface area contributed by atoms with Crippen molar-refractivity contribution in [2.45, 2.75) is 45.6 Å². The van der Waals surface area contributed by atoms with E-state index in [2.05, 4.69) is 5.32 Å². The lowest BCUT2D eigenvalue weighted by atomic mass is 10.0. The molecule has 1 aromatic carbocycles. The normalized spacial score (nSPS) is 13.0. The number of aromatic nitrogens is 1. The van der Waals surface area contributed by atoms with E-state index in [1.165, 1.54) is 7.11 Å². The third-order valence-electron chi connectivity index (χ3n) is 4.26. The minimum Gasteiger partial charge on any atom is -0.465 e. The first-order valence-electron chi connectivity index (χ1n) is 8.98. The van der Waals surface area contributed by atoms with Crippen LogP contribution in [0.1, 0.15) is 48.8 Å². The summed E-state index contributed by atoms with van der Waals surface area (Å²) in [5, 5.41) is 2.69. The van der Waals surface area contributed by atoms with E-state index in [1.54, 1.807) is 12.1 Å². The largest absolute Gasteiger partial charge is 0.465 e. The van der Waals surface area contributed by atoms with Crippen molar-refractivity contribution in [3.8, 4) is 11.3 Å². The van der Waals surface area contributed by atoms with Crippen molar-refractivity contribution < 1.29 is 19.1 Å². The first kappa shape index (κ1) is 18.9. The van der Waals surface area contributed by atoms with Crippen LogP contribution in [0.25, 0.3) is 11.3 Å². The average Bonchev–Trinajstić information content (AvgIpc) is 3.06. The fourth-order valence-corrected chi connectivity index (χ4v) is 3.09. The number of pyridine rings is 1. The number of hydrogen-bond acceptors (Lipinski definition) is 5. The van der Waals surface area contributed by atoms with Crippen molar-refractivity contribution in [2.24, 2.45) is 0 Å². The molecular formula is C21H24N2O4. The number of nitrogens with one attached hydrogen (secondary N) is 1. The summed E-state index contributed by atoms with van der Waals surface area (Å²) in [6.07, 6.45) is 2.39. The maximum atomic E-state index is 12.2. The third kappa shape index (κ3) is 4.45. The summed E-state index contributed by atoms with van der Waals surface area (Å²) >= 11 is 0. The van der Waals surface area contributed by atoms with E-state index in [0.29, 0.717) is 16.9 Å². The van der Waals surface area contributed by atoms with Crippen molar-refractivity contribution in [3.63, 3.8) is 0 Å². The molecule has 0 aliphatic heterocycles. The fourth-order valence-electron chi connectivity index (χ4n) is 3.09. The Morgan fingerprint density at radius 3 is 2.44 bits per heavy atom. The van der Waals surface area contributed by atoms with Gasteiger partial charge in [0.15, 0.2) is 0 Å². The number of benzene rings is 1. The lowest BCUT2D eigenvalue weighted by molar-refractivity contribution is 0.0598. The quantitative estimate of drug-likeness (QED) is 0.814. The first-order valence-corrected chi connectivity index (χ1v) is 8.98. The van der Waals surface area contributed by atoms with Gasteiger partial charge in [0.1, 0.15) is 5.60 Å². The molecule has 1 aromatic heterocycles. The highest BCUT2D eigenvalue weighted by Crippen LogP contribution is 2.30. The van der Waals surface area contributed by atoms with Gasteiger partial charge in [0.05, 0.1) is 18.4 Å². The predicted molar refractivity (Wildman–Crippen MR) is 103 cm³/mol. The Hall–Kier alpha value is -2.89. The van der Waals surface area contributed by atoms with Gasteiger partial charge in [-0.2, -0.15) is 0 Å². The lowest BCUT2D eigenvalue weighted by Crippen LogP contribution is -2.27. The fraction of sp³-hybridized carbons (Fsp3) is 0.381. The zero-order valence-electron chi connectivity index (χ0n) is 16.1. The molecule has 142 valence electrons. The van der Waals surface area contributed by atoms with Crippen LogP contribution in [0.5, 0.6) is 0 Å². The van der Waals surface area contributed by atoms with Crippen molar-refractivity contribution >= 4 is 17.7 Å². The van der Waals surface area contributed by atoms with Crippen LogP contribution in [0.3, 0.4) is 0 Å². The Labute approximate surface area is 158 Å². The van der Waals surface area contributed by atoms with Crippen molar-refractivity contribution in [2.75, 3.05) is 12.4 Å². The van der Waals surface area contributed by atoms with E-state index < -0.39 is 17.7 Å². The number of carbonyl (C=O) groups excluding carboxylic acids is 2. The van der Waals surface area contributed by atoms with Gasteiger partial charge < -0.3 is 9.47 Å². The zero-order chi connectivity index (χ0) is 19.6. The number of rotatable bonds is 3. The highest BCUT2D eigenvalue weighted by atomic mass is 16.6. The molecule has 1 heterocycles. The SMILES string of the molecule is COC(=O)c1cc2c(nc1-c1ccc(NC(=O)OC(C)(C)C)cc1)CCC2. The molecule has 0 bridgehead atoms. The zero-order valence-corrected chi connectivity index (χ0v) is 16.1. The minimum atomic E-state index is -0.562. The molecule has 1 aliphatic carbocycles. The van der Waals surface area contributed by atoms with E-state index in [9.17, 15) is 9.59 Å². The molecule has 1 N–H and O–H groups in total. The minimum absolute atomic E-state index is 0.400. The highest BCUT2D eigenvalue weighted by molar-refractivity contribution is 5.96. The van der Waals surface area contributed by atoms with Gasteiger partial charge in [0, 0.05) is 16.9 Å². The van der Waals surface area contributed by atoms with E-state index in [1.807, 2.05) is 39.0 Å². The summed E-state index contributed by atoms with van der Waals surface area (Å²) in [7, 11) is 1.37. The van der Waals surface area contributed by atoms with Crippen LogP contribution in [0.2, 0.25) is 0 Å². The summed E-state index contributed by atoms with van der Waals surface area (Å²) in [5.41, 5.74) is 4.05. The second-order valence-corrected chi connectivity index (χ2v) is 7.54. The molecule has 27 heavy (non-hydrogen) atoms. The Bertz CT molecular complexity index is 867. The Kier molecular flexibility index (Phi) is 5.17. The van der Waals surface area contributed by atoms with Crippen LogP contribution in [0, 0.1) is 0 Å². The van der Waals surface area contributed by atoms with Crippen molar-refractivity contribution in [1.29, 1.82) is 0 Å². The molecule has 0 atom stereocenters. The van der Waals surface area contributed by atoms with Crippen LogP contribution in [-0.2, 0) is 22.3 Å². The predicted octanol–water partition coefficient (Wildman–Crippen LogP) is 4.37. The molecular weight excluding hydrogens is 344 g/mol. The van der Waals surface area contributed by atoms with Gasteiger partial charge in [-0.05, 0) is 63.8 Å². The number of fused-ring (bicyclic) bond motifs is 1. The van der Waals surface area contributed by atoms with Crippen LogP contribution >= 0.6 is 0 Å². The molecule has 2 aromatic rings.